The Bertz CT molecular complexity index is 829. The number of rotatable bonds is 5. The third-order valence-electron chi connectivity index (χ3n) is 3.91. The van der Waals surface area contributed by atoms with Crippen LogP contribution in [0.4, 0.5) is 16.3 Å². The number of anilines is 2. The molecular formula is C17H19N5O3. The minimum Gasteiger partial charge on any atom is -0.325 e. The summed E-state index contributed by atoms with van der Waals surface area (Å²) in [5, 5.41) is 11.9. The summed E-state index contributed by atoms with van der Waals surface area (Å²) in [5.41, 5.74) is 2.32. The van der Waals surface area contributed by atoms with Crippen molar-refractivity contribution in [2.75, 3.05) is 10.2 Å². The standard InChI is InChI=1S/C17H19N5O3/c1-10-4-3-5-12(8-10)22-16(24)13(18-17(22)25)6-7-15(23)19-14-9-11(2)20-21-14/h3-5,8-9,13H,6-7H2,1-2H3,(H,18,25)(H2,19,20,21,23)/t13-/m1/s1. The maximum Gasteiger partial charge on any atom is 0.329 e. The van der Waals surface area contributed by atoms with Gasteiger partial charge in [0.2, 0.25) is 5.91 Å². The van der Waals surface area contributed by atoms with Gasteiger partial charge in [-0.2, -0.15) is 5.10 Å². The average Bonchev–Trinajstić information content (AvgIpc) is 3.08. The molecule has 2 aromatic rings. The lowest BCUT2D eigenvalue weighted by atomic mass is 10.1. The number of urea groups is 1. The number of carbonyl (C=O) groups excluding carboxylic acids is 3. The number of benzene rings is 1. The molecule has 0 radical (unpaired) electrons. The molecule has 1 atom stereocenters. The van der Waals surface area contributed by atoms with Crippen LogP contribution in [0.1, 0.15) is 24.1 Å². The molecule has 1 aromatic carbocycles. The van der Waals surface area contributed by atoms with Crippen LogP contribution in [0.15, 0.2) is 30.3 Å². The Morgan fingerprint density at radius 3 is 2.76 bits per heavy atom. The largest absolute Gasteiger partial charge is 0.329 e. The number of carbonyl (C=O) groups is 3. The molecule has 1 aromatic heterocycles. The maximum atomic E-state index is 12.5. The van der Waals surface area contributed by atoms with E-state index in [1.54, 1.807) is 24.3 Å². The van der Waals surface area contributed by atoms with Gasteiger partial charge < -0.3 is 10.6 Å². The highest BCUT2D eigenvalue weighted by molar-refractivity contribution is 6.21. The first-order valence-corrected chi connectivity index (χ1v) is 7.97. The molecule has 1 aliphatic heterocycles. The molecule has 1 fully saturated rings. The lowest BCUT2D eigenvalue weighted by Gasteiger charge is -2.13. The molecule has 0 bridgehead atoms. The van der Waals surface area contributed by atoms with Gasteiger partial charge in [0.25, 0.3) is 5.91 Å². The van der Waals surface area contributed by atoms with Crippen molar-refractivity contribution in [1.29, 1.82) is 0 Å². The third-order valence-corrected chi connectivity index (χ3v) is 3.91. The molecule has 2 heterocycles. The van der Waals surface area contributed by atoms with Gasteiger partial charge in [-0.3, -0.25) is 14.7 Å². The van der Waals surface area contributed by atoms with Crippen LogP contribution < -0.4 is 15.5 Å². The molecule has 8 heteroatoms. The Balaban J connectivity index is 1.59. The Morgan fingerprint density at radius 1 is 1.28 bits per heavy atom. The van der Waals surface area contributed by atoms with E-state index in [4.69, 9.17) is 0 Å². The number of imide groups is 1. The van der Waals surface area contributed by atoms with E-state index < -0.39 is 12.1 Å². The van der Waals surface area contributed by atoms with Gasteiger partial charge in [-0.1, -0.05) is 12.1 Å². The molecule has 4 amide bonds. The van der Waals surface area contributed by atoms with Gasteiger partial charge in [-0.25, -0.2) is 9.69 Å². The van der Waals surface area contributed by atoms with Crippen molar-refractivity contribution >= 4 is 29.4 Å². The second-order valence-electron chi connectivity index (χ2n) is 6.04. The van der Waals surface area contributed by atoms with Crippen molar-refractivity contribution in [3.63, 3.8) is 0 Å². The van der Waals surface area contributed by atoms with E-state index in [1.807, 2.05) is 19.9 Å². The highest BCUT2D eigenvalue weighted by atomic mass is 16.2. The zero-order valence-electron chi connectivity index (χ0n) is 14.0. The van der Waals surface area contributed by atoms with E-state index >= 15 is 0 Å². The highest BCUT2D eigenvalue weighted by Gasteiger charge is 2.38. The van der Waals surface area contributed by atoms with Gasteiger partial charge in [0, 0.05) is 18.2 Å². The molecule has 1 saturated heterocycles. The Labute approximate surface area is 144 Å². The molecule has 0 saturated carbocycles. The fourth-order valence-electron chi connectivity index (χ4n) is 2.70. The molecule has 25 heavy (non-hydrogen) atoms. The number of amides is 4. The number of aromatic nitrogens is 2. The van der Waals surface area contributed by atoms with Crippen LogP contribution >= 0.6 is 0 Å². The average molecular weight is 341 g/mol. The van der Waals surface area contributed by atoms with E-state index in [-0.39, 0.29) is 24.7 Å². The van der Waals surface area contributed by atoms with Crippen molar-refractivity contribution in [3.8, 4) is 0 Å². The molecule has 3 N–H and O–H groups in total. The number of hydrogen-bond acceptors (Lipinski definition) is 4. The summed E-state index contributed by atoms with van der Waals surface area (Å²) in [6.07, 6.45) is 0.326. The second-order valence-corrected chi connectivity index (χ2v) is 6.04. The van der Waals surface area contributed by atoms with Crippen LogP contribution in [0.5, 0.6) is 0 Å². The van der Waals surface area contributed by atoms with Crippen molar-refractivity contribution in [2.45, 2.75) is 32.7 Å². The van der Waals surface area contributed by atoms with E-state index in [9.17, 15) is 14.4 Å². The summed E-state index contributed by atoms with van der Waals surface area (Å²) in [7, 11) is 0. The topological polar surface area (TPSA) is 107 Å². The quantitative estimate of drug-likeness (QED) is 0.722. The molecule has 0 spiro atoms. The molecular weight excluding hydrogens is 322 g/mol. The monoisotopic (exact) mass is 341 g/mol. The molecule has 3 rings (SSSR count). The number of aromatic amines is 1. The normalized spacial score (nSPS) is 16.9. The van der Waals surface area contributed by atoms with Crippen molar-refractivity contribution in [3.05, 3.63) is 41.6 Å². The maximum absolute atomic E-state index is 12.5. The zero-order chi connectivity index (χ0) is 18.0. The number of nitrogens with zero attached hydrogens (tertiary/aromatic N) is 2. The number of nitrogens with one attached hydrogen (secondary N) is 3. The summed E-state index contributed by atoms with van der Waals surface area (Å²) in [5.74, 6) is -0.174. The number of hydrogen-bond donors (Lipinski definition) is 3. The van der Waals surface area contributed by atoms with Crippen LogP contribution in [0, 0.1) is 13.8 Å². The summed E-state index contributed by atoms with van der Waals surface area (Å²) in [4.78, 5) is 37.7. The highest BCUT2D eigenvalue weighted by Crippen LogP contribution is 2.22. The zero-order valence-corrected chi connectivity index (χ0v) is 14.0. The Kier molecular flexibility index (Phi) is 4.51. The van der Waals surface area contributed by atoms with Gasteiger partial charge in [-0.05, 0) is 38.0 Å². The van der Waals surface area contributed by atoms with Gasteiger partial charge >= 0.3 is 6.03 Å². The van der Waals surface area contributed by atoms with Gasteiger partial charge in [0.05, 0.1) is 5.69 Å². The van der Waals surface area contributed by atoms with Crippen LogP contribution in [0.25, 0.3) is 0 Å². The third kappa shape index (κ3) is 3.68. The van der Waals surface area contributed by atoms with Crippen LogP contribution in [0.3, 0.4) is 0 Å². The van der Waals surface area contributed by atoms with Gasteiger partial charge in [0.15, 0.2) is 5.82 Å². The van der Waals surface area contributed by atoms with Gasteiger partial charge in [0.1, 0.15) is 6.04 Å². The van der Waals surface area contributed by atoms with E-state index in [1.165, 1.54) is 0 Å². The SMILES string of the molecule is Cc1cccc(N2C(=O)N[C@H](CCC(=O)Nc3cc(C)[nH]n3)C2=O)c1. The van der Waals surface area contributed by atoms with Crippen molar-refractivity contribution in [1.82, 2.24) is 15.5 Å². The predicted molar refractivity (Wildman–Crippen MR) is 92.2 cm³/mol. The van der Waals surface area contributed by atoms with Crippen LogP contribution in [-0.4, -0.2) is 34.1 Å². The van der Waals surface area contributed by atoms with Crippen molar-refractivity contribution in [2.24, 2.45) is 0 Å². The lowest BCUT2D eigenvalue weighted by Crippen LogP contribution is -2.31. The summed E-state index contributed by atoms with van der Waals surface area (Å²) >= 11 is 0. The smallest absolute Gasteiger partial charge is 0.325 e. The first-order chi connectivity index (χ1) is 11.9. The minimum atomic E-state index is -0.709. The first kappa shape index (κ1) is 16.7. The summed E-state index contributed by atoms with van der Waals surface area (Å²) in [6.45, 7) is 3.72. The van der Waals surface area contributed by atoms with Crippen molar-refractivity contribution < 1.29 is 14.4 Å². The van der Waals surface area contributed by atoms with Gasteiger partial charge in [-0.15, -0.1) is 0 Å². The number of aryl methyl sites for hydroxylation is 2. The lowest BCUT2D eigenvalue weighted by molar-refractivity contribution is -0.119. The summed E-state index contributed by atoms with van der Waals surface area (Å²) in [6, 6.07) is 7.69. The fourth-order valence-corrected chi connectivity index (χ4v) is 2.70. The molecule has 130 valence electrons. The molecule has 8 nitrogen and oxygen atoms in total. The van der Waals surface area contributed by atoms with E-state index in [0.717, 1.165) is 16.2 Å². The first-order valence-electron chi connectivity index (χ1n) is 7.97. The number of H-pyrrole nitrogens is 1. The van der Waals surface area contributed by atoms with Crippen LogP contribution in [0.2, 0.25) is 0 Å². The molecule has 1 aliphatic rings. The fraction of sp³-hybridized carbons (Fsp3) is 0.294. The Morgan fingerprint density at radius 2 is 2.08 bits per heavy atom. The predicted octanol–water partition coefficient (Wildman–Crippen LogP) is 1.87. The Hall–Kier alpha value is -3.16. The minimum absolute atomic E-state index is 0.101. The second kappa shape index (κ2) is 6.76. The van der Waals surface area contributed by atoms with Crippen LogP contribution in [-0.2, 0) is 9.59 Å². The van der Waals surface area contributed by atoms with E-state index in [2.05, 4.69) is 20.8 Å². The summed E-state index contributed by atoms with van der Waals surface area (Å²) < 4.78 is 0. The molecule has 0 unspecified atom stereocenters. The molecule has 0 aliphatic carbocycles. The van der Waals surface area contributed by atoms with E-state index in [0.29, 0.717) is 11.5 Å².